The molecular formula is C37H27NS. The number of nitrogens with zero attached hydrogens (tertiary/aromatic N) is 1. The minimum absolute atomic E-state index is 1.25. The minimum Gasteiger partial charge on any atom is -0.344 e. The van der Waals surface area contributed by atoms with Crippen LogP contribution >= 0.6 is 10.0 Å². The second kappa shape index (κ2) is 8.49. The quantitative estimate of drug-likeness (QED) is 0.220. The van der Waals surface area contributed by atoms with Gasteiger partial charge in [-0.25, -0.2) is 0 Å². The van der Waals surface area contributed by atoms with Crippen LogP contribution in [0, 0.1) is 0 Å². The predicted molar refractivity (Wildman–Crippen MR) is 165 cm³/mol. The van der Waals surface area contributed by atoms with Gasteiger partial charge in [-0.15, -0.1) is 10.0 Å². The van der Waals surface area contributed by atoms with Gasteiger partial charge in [0.25, 0.3) is 0 Å². The normalized spacial score (nSPS) is 14.3. The Bertz CT molecular complexity index is 1980. The molecule has 0 spiro atoms. The van der Waals surface area contributed by atoms with Gasteiger partial charge in [0.05, 0.1) is 0 Å². The molecule has 39 heavy (non-hydrogen) atoms. The largest absolute Gasteiger partial charge is 0.344 e. The van der Waals surface area contributed by atoms with Crippen molar-refractivity contribution in [2.24, 2.45) is 7.05 Å². The van der Waals surface area contributed by atoms with Crippen molar-refractivity contribution in [2.75, 3.05) is 0 Å². The van der Waals surface area contributed by atoms with Gasteiger partial charge in [0, 0.05) is 48.4 Å². The maximum absolute atomic E-state index is 2.48. The van der Waals surface area contributed by atoms with E-state index in [1.54, 1.807) is 0 Å². The molecule has 8 rings (SSSR count). The molecule has 7 aromatic rings. The molecule has 0 bridgehead atoms. The SMILES string of the molecule is Cn1c2ccccc2c2ccc(-c3ccc4c(c3)S(c3ccccc3)(c3ccccc3)c3ccccc3-4)cc21. The van der Waals surface area contributed by atoms with Crippen molar-refractivity contribution in [1.29, 1.82) is 0 Å². The fraction of sp³-hybridized carbons (Fsp3) is 0.0270. The molecule has 0 saturated carbocycles. The molecule has 1 aromatic heterocycles. The van der Waals surface area contributed by atoms with Crippen molar-refractivity contribution in [2.45, 2.75) is 19.6 Å². The van der Waals surface area contributed by atoms with Crippen LogP contribution in [0.3, 0.4) is 0 Å². The lowest BCUT2D eigenvalue weighted by molar-refractivity contribution is 1.01. The van der Waals surface area contributed by atoms with Crippen molar-refractivity contribution in [3.63, 3.8) is 0 Å². The van der Waals surface area contributed by atoms with Crippen molar-refractivity contribution in [1.82, 2.24) is 4.57 Å². The van der Waals surface area contributed by atoms with Gasteiger partial charge in [-0.2, -0.15) is 0 Å². The summed E-state index contributed by atoms with van der Waals surface area (Å²) >= 11 is 0. The third-order valence-corrected chi connectivity index (χ3v) is 12.2. The summed E-state index contributed by atoms with van der Waals surface area (Å²) in [5.74, 6) is 0. The van der Waals surface area contributed by atoms with E-state index in [2.05, 4.69) is 157 Å². The third kappa shape index (κ3) is 3.10. The molecule has 1 nitrogen and oxygen atoms in total. The highest BCUT2D eigenvalue weighted by molar-refractivity contribution is 8.34. The molecule has 0 fully saturated rings. The molecule has 0 amide bonds. The zero-order chi connectivity index (χ0) is 26.0. The van der Waals surface area contributed by atoms with Crippen LogP contribution in [0.2, 0.25) is 0 Å². The first-order valence-electron chi connectivity index (χ1n) is 13.4. The van der Waals surface area contributed by atoms with Crippen LogP contribution in [-0.2, 0) is 7.05 Å². The number of hydrogen-bond acceptors (Lipinski definition) is 0. The van der Waals surface area contributed by atoms with E-state index in [-0.39, 0.29) is 0 Å². The number of benzene rings is 6. The lowest BCUT2D eigenvalue weighted by Gasteiger charge is -2.39. The average molecular weight is 518 g/mol. The summed E-state index contributed by atoms with van der Waals surface area (Å²) in [7, 11) is 0.530. The van der Waals surface area contributed by atoms with Crippen molar-refractivity contribution in [3.05, 3.63) is 146 Å². The van der Waals surface area contributed by atoms with Crippen molar-refractivity contribution < 1.29 is 0 Å². The van der Waals surface area contributed by atoms with Gasteiger partial charge in [0.2, 0.25) is 0 Å². The van der Waals surface area contributed by atoms with Gasteiger partial charge in [-0.3, -0.25) is 0 Å². The monoisotopic (exact) mass is 517 g/mol. The van der Waals surface area contributed by atoms with Gasteiger partial charge in [-0.1, -0.05) is 97.1 Å². The highest BCUT2D eigenvalue weighted by Gasteiger charge is 2.41. The molecule has 0 aliphatic carbocycles. The van der Waals surface area contributed by atoms with Crippen LogP contribution in [0.5, 0.6) is 0 Å². The first kappa shape index (κ1) is 22.5. The van der Waals surface area contributed by atoms with E-state index < -0.39 is 10.0 Å². The van der Waals surface area contributed by atoms with E-state index in [4.69, 9.17) is 0 Å². The zero-order valence-corrected chi connectivity index (χ0v) is 22.5. The van der Waals surface area contributed by atoms with Crippen LogP contribution in [-0.4, -0.2) is 4.57 Å². The molecule has 2 heteroatoms. The molecule has 186 valence electrons. The molecule has 6 aromatic carbocycles. The Hall–Kier alpha value is -4.53. The van der Waals surface area contributed by atoms with Crippen LogP contribution in [0.15, 0.2) is 165 Å². The molecule has 1 aliphatic heterocycles. The Labute approximate surface area is 230 Å². The molecule has 2 heterocycles. The summed E-state index contributed by atoms with van der Waals surface area (Å²) in [5, 5.41) is 2.61. The topological polar surface area (TPSA) is 4.93 Å². The van der Waals surface area contributed by atoms with Crippen LogP contribution < -0.4 is 0 Å². The summed E-state index contributed by atoms with van der Waals surface area (Å²) in [6.45, 7) is 0. The molecule has 1 aliphatic rings. The number of aryl methyl sites for hydroxylation is 1. The lowest BCUT2D eigenvalue weighted by Crippen LogP contribution is -2.01. The first-order valence-corrected chi connectivity index (χ1v) is 15.0. The second-order valence-corrected chi connectivity index (χ2v) is 13.3. The molecule has 0 atom stereocenters. The van der Waals surface area contributed by atoms with E-state index in [0.717, 1.165) is 0 Å². The minimum atomic E-state index is -1.64. The van der Waals surface area contributed by atoms with Gasteiger partial charge in [-0.05, 0) is 70.8 Å². The number of hydrogen-bond donors (Lipinski definition) is 0. The number of rotatable bonds is 3. The fourth-order valence-electron chi connectivity index (χ4n) is 6.49. The Balaban J connectivity index is 1.42. The molecule has 0 saturated heterocycles. The molecular weight excluding hydrogens is 490 g/mol. The van der Waals surface area contributed by atoms with E-state index in [1.165, 1.54) is 63.6 Å². The highest BCUT2D eigenvalue weighted by Crippen LogP contribution is 2.80. The number of fused-ring (bicyclic) bond motifs is 6. The Kier molecular flexibility index (Phi) is 4.89. The maximum atomic E-state index is 2.48. The standard InChI is InChI=1S/C37H27NS/c1-38-34-18-10-8-16-30(34)31-22-20-26(24-35(31)38)27-21-23-33-32-17-9-11-19-36(32)39(37(33)25-27,28-12-4-2-5-13-28)29-14-6-3-7-15-29/h2-25H,1H3. The van der Waals surface area contributed by atoms with E-state index >= 15 is 0 Å². The molecule has 0 N–H and O–H groups in total. The van der Waals surface area contributed by atoms with E-state index in [0.29, 0.717) is 0 Å². The summed E-state index contributed by atoms with van der Waals surface area (Å²) in [4.78, 5) is 5.61. The van der Waals surface area contributed by atoms with Crippen LogP contribution in [0.4, 0.5) is 0 Å². The predicted octanol–water partition coefficient (Wildman–Crippen LogP) is 10.3. The molecule has 0 unspecified atom stereocenters. The smallest absolute Gasteiger partial charge is 0.0494 e. The second-order valence-electron chi connectivity index (χ2n) is 10.3. The highest BCUT2D eigenvalue weighted by atomic mass is 32.3. The van der Waals surface area contributed by atoms with Gasteiger partial charge >= 0.3 is 0 Å². The van der Waals surface area contributed by atoms with Crippen molar-refractivity contribution >= 4 is 31.8 Å². The number of para-hydroxylation sites is 1. The maximum Gasteiger partial charge on any atom is 0.0494 e. The summed E-state index contributed by atoms with van der Waals surface area (Å²) < 4.78 is 2.32. The number of aromatic nitrogens is 1. The molecule has 0 radical (unpaired) electrons. The fourth-order valence-corrected chi connectivity index (χ4v) is 10.7. The van der Waals surface area contributed by atoms with E-state index in [9.17, 15) is 0 Å². The lowest BCUT2D eigenvalue weighted by atomic mass is 9.99. The average Bonchev–Trinajstić information content (AvgIpc) is 3.47. The summed E-state index contributed by atoms with van der Waals surface area (Å²) in [6, 6.07) is 54.1. The van der Waals surface area contributed by atoms with Crippen LogP contribution in [0.1, 0.15) is 0 Å². The zero-order valence-electron chi connectivity index (χ0n) is 21.7. The van der Waals surface area contributed by atoms with E-state index in [1.807, 2.05) is 0 Å². The van der Waals surface area contributed by atoms with Gasteiger partial charge in [0.1, 0.15) is 0 Å². The van der Waals surface area contributed by atoms with Gasteiger partial charge < -0.3 is 4.57 Å². The van der Waals surface area contributed by atoms with Crippen molar-refractivity contribution in [3.8, 4) is 22.3 Å². The van der Waals surface area contributed by atoms with Gasteiger partial charge in [0.15, 0.2) is 0 Å². The van der Waals surface area contributed by atoms with Crippen LogP contribution in [0.25, 0.3) is 44.1 Å². The summed E-state index contributed by atoms with van der Waals surface area (Å²) in [5.41, 5.74) is 7.75. The Morgan fingerprint density at radius 1 is 0.436 bits per heavy atom. The third-order valence-electron chi connectivity index (χ3n) is 8.26. The summed E-state index contributed by atoms with van der Waals surface area (Å²) in [6.07, 6.45) is 0. The Morgan fingerprint density at radius 2 is 1.00 bits per heavy atom. The first-order chi connectivity index (χ1) is 19.3. The Morgan fingerprint density at radius 3 is 1.77 bits per heavy atom.